The zero-order valence-electron chi connectivity index (χ0n) is 19.7. The molecule has 3 aromatic carbocycles. The predicted octanol–water partition coefficient (Wildman–Crippen LogP) is 3.88. The Morgan fingerprint density at radius 3 is 2.35 bits per heavy atom. The topological polar surface area (TPSA) is 110 Å². The highest BCUT2D eigenvalue weighted by Gasteiger charge is 2.64. The first-order chi connectivity index (χ1) is 17.9. The molecule has 3 aromatic rings. The summed E-state index contributed by atoms with van der Waals surface area (Å²) in [7, 11) is 1.36. The maximum atomic E-state index is 14.0. The van der Waals surface area contributed by atoms with Crippen LogP contribution in [0.15, 0.2) is 78.9 Å². The molecule has 0 radical (unpaired) electrons. The van der Waals surface area contributed by atoms with E-state index in [0.717, 1.165) is 22.2 Å². The van der Waals surface area contributed by atoms with Crippen LogP contribution in [-0.2, 0) is 9.59 Å². The number of Topliss-reactive ketones (excluding diaryl/α,β-unsaturated/α-hetero) is 1. The van der Waals surface area contributed by atoms with E-state index in [2.05, 4.69) is 0 Å². The quantitative estimate of drug-likeness (QED) is 0.229. The molecule has 2 saturated heterocycles. The molecule has 0 saturated carbocycles. The second kappa shape index (κ2) is 8.41. The number of hydrogen-bond acceptors (Lipinski definition) is 7. The van der Waals surface area contributed by atoms with Gasteiger partial charge in [0, 0.05) is 23.4 Å². The Morgan fingerprint density at radius 2 is 1.62 bits per heavy atom. The van der Waals surface area contributed by atoms with E-state index in [9.17, 15) is 24.5 Å². The largest absolute Gasteiger partial charge is 0.495 e. The van der Waals surface area contributed by atoms with E-state index in [0.29, 0.717) is 5.56 Å². The lowest BCUT2D eigenvalue weighted by Crippen LogP contribution is -2.48. The number of ketones is 1. The average molecular weight is 495 g/mol. The number of rotatable bonds is 5. The molecule has 9 heteroatoms. The van der Waals surface area contributed by atoms with E-state index < -0.39 is 40.7 Å². The van der Waals surface area contributed by atoms with Crippen LogP contribution in [0.5, 0.6) is 5.75 Å². The lowest BCUT2D eigenvalue weighted by Gasteiger charge is -2.36. The van der Waals surface area contributed by atoms with Gasteiger partial charge in [-0.2, -0.15) is 0 Å². The molecule has 0 aliphatic carbocycles. The molecule has 0 unspecified atom stereocenters. The van der Waals surface area contributed by atoms with E-state index in [1.165, 1.54) is 19.2 Å². The van der Waals surface area contributed by atoms with Crippen LogP contribution in [0.2, 0.25) is 0 Å². The van der Waals surface area contributed by atoms with Gasteiger partial charge in [0.1, 0.15) is 17.5 Å². The van der Waals surface area contributed by atoms with Gasteiger partial charge in [0.15, 0.2) is 5.78 Å². The average Bonchev–Trinajstić information content (AvgIpc) is 3.40. The van der Waals surface area contributed by atoms with Crippen LogP contribution < -0.4 is 14.5 Å². The van der Waals surface area contributed by atoms with Crippen molar-refractivity contribution in [2.45, 2.75) is 12.1 Å². The second-order valence-corrected chi connectivity index (χ2v) is 9.17. The molecule has 0 aromatic heterocycles. The van der Waals surface area contributed by atoms with Crippen LogP contribution in [-0.4, -0.2) is 41.7 Å². The van der Waals surface area contributed by atoms with Gasteiger partial charge >= 0.3 is 0 Å². The molecule has 184 valence electrons. The third-order valence-electron chi connectivity index (χ3n) is 7.36. The molecule has 3 heterocycles. The van der Waals surface area contributed by atoms with Crippen LogP contribution in [0.4, 0.5) is 17.1 Å². The number of carbonyl (C=O) groups excluding carboxylic acids is 3. The summed E-state index contributed by atoms with van der Waals surface area (Å²) in [6, 6.07) is 18.5. The fourth-order valence-corrected chi connectivity index (χ4v) is 5.79. The Kier molecular flexibility index (Phi) is 5.15. The van der Waals surface area contributed by atoms with Crippen molar-refractivity contribution in [3.8, 4) is 5.75 Å². The number of nitro groups is 1. The van der Waals surface area contributed by atoms with Crippen molar-refractivity contribution >= 4 is 40.7 Å². The highest BCUT2D eigenvalue weighted by atomic mass is 16.6. The van der Waals surface area contributed by atoms with Gasteiger partial charge in [0.25, 0.3) is 5.69 Å². The molecule has 0 bridgehead atoms. The Morgan fingerprint density at radius 1 is 0.919 bits per heavy atom. The Labute approximate surface area is 211 Å². The smallest absolute Gasteiger partial charge is 0.271 e. The Balaban J connectivity index is 1.51. The van der Waals surface area contributed by atoms with E-state index in [1.54, 1.807) is 30.3 Å². The van der Waals surface area contributed by atoms with Crippen molar-refractivity contribution in [2.24, 2.45) is 11.8 Å². The first-order valence-corrected chi connectivity index (χ1v) is 11.8. The number of hydrogen-bond donors (Lipinski definition) is 0. The Bertz CT molecular complexity index is 1500. The number of imide groups is 1. The van der Waals surface area contributed by atoms with Crippen LogP contribution >= 0.6 is 0 Å². The predicted molar refractivity (Wildman–Crippen MR) is 135 cm³/mol. The van der Waals surface area contributed by atoms with Gasteiger partial charge in [-0.05, 0) is 17.7 Å². The van der Waals surface area contributed by atoms with Gasteiger partial charge in [-0.1, -0.05) is 60.7 Å². The van der Waals surface area contributed by atoms with Crippen molar-refractivity contribution in [3.05, 3.63) is 100 Å². The van der Waals surface area contributed by atoms with E-state index in [-0.39, 0.29) is 22.9 Å². The second-order valence-electron chi connectivity index (χ2n) is 9.17. The monoisotopic (exact) mass is 495 g/mol. The summed E-state index contributed by atoms with van der Waals surface area (Å²) in [5, 5.41) is 11.4. The zero-order valence-corrected chi connectivity index (χ0v) is 19.7. The molecule has 6 rings (SSSR count). The number of benzene rings is 3. The normalized spacial score (nSPS) is 23.5. The third kappa shape index (κ3) is 3.27. The number of anilines is 2. The number of fused-ring (bicyclic) bond motifs is 5. The summed E-state index contributed by atoms with van der Waals surface area (Å²) < 4.78 is 5.35. The summed E-state index contributed by atoms with van der Waals surface area (Å²) in [4.78, 5) is 55.6. The molecule has 2 fully saturated rings. The van der Waals surface area contributed by atoms with E-state index in [4.69, 9.17) is 4.74 Å². The lowest BCUT2D eigenvalue weighted by molar-refractivity contribution is -0.384. The molecular weight excluding hydrogens is 474 g/mol. The van der Waals surface area contributed by atoms with Crippen molar-refractivity contribution in [3.63, 3.8) is 0 Å². The minimum Gasteiger partial charge on any atom is -0.495 e. The van der Waals surface area contributed by atoms with Gasteiger partial charge in [0.2, 0.25) is 11.8 Å². The summed E-state index contributed by atoms with van der Waals surface area (Å²) in [6.07, 6.45) is 3.76. The summed E-state index contributed by atoms with van der Waals surface area (Å²) >= 11 is 0. The van der Waals surface area contributed by atoms with E-state index in [1.807, 2.05) is 41.3 Å². The minimum absolute atomic E-state index is 0.00116. The van der Waals surface area contributed by atoms with Gasteiger partial charge in [-0.25, -0.2) is 4.90 Å². The van der Waals surface area contributed by atoms with Gasteiger partial charge in [0.05, 0.1) is 29.9 Å². The summed E-state index contributed by atoms with van der Waals surface area (Å²) in [5.74, 6) is -3.04. The lowest BCUT2D eigenvalue weighted by atomic mass is 9.86. The van der Waals surface area contributed by atoms with Crippen LogP contribution in [0.25, 0.3) is 6.08 Å². The zero-order chi connectivity index (χ0) is 25.8. The van der Waals surface area contributed by atoms with Crippen LogP contribution in [0.3, 0.4) is 0 Å². The van der Waals surface area contributed by atoms with Crippen LogP contribution in [0.1, 0.15) is 15.9 Å². The number of amides is 2. The standard InChI is InChI=1S/C28H21N3O6/c1-37-22-14-12-18(31(35)36)15-21(22)30-27(33)23-20-13-11-16-7-5-6-10-19(16)29(20)25(24(23)28(30)34)26(32)17-8-3-2-4-9-17/h2-15,20,23-25H,1H3/t20-,23+,24+,25-/m1/s1. The van der Waals surface area contributed by atoms with Gasteiger partial charge < -0.3 is 9.64 Å². The summed E-state index contributed by atoms with van der Waals surface area (Å²) in [6.45, 7) is 0. The van der Waals surface area contributed by atoms with Crippen LogP contribution in [0, 0.1) is 22.0 Å². The maximum Gasteiger partial charge on any atom is 0.271 e. The molecule has 3 aliphatic heterocycles. The van der Waals surface area contributed by atoms with Crippen molar-refractivity contribution in [2.75, 3.05) is 16.9 Å². The maximum absolute atomic E-state index is 14.0. The fraction of sp³-hybridized carbons (Fsp3) is 0.179. The van der Waals surface area contributed by atoms with Gasteiger partial charge in [-0.15, -0.1) is 0 Å². The number of methoxy groups -OCH3 is 1. The molecular formula is C28H21N3O6. The summed E-state index contributed by atoms with van der Waals surface area (Å²) in [5.41, 5.74) is 1.82. The van der Waals surface area contributed by atoms with Gasteiger partial charge in [-0.3, -0.25) is 24.5 Å². The molecule has 2 amide bonds. The molecule has 9 nitrogen and oxygen atoms in total. The number of carbonyl (C=O) groups is 3. The molecule has 37 heavy (non-hydrogen) atoms. The minimum atomic E-state index is -0.981. The van der Waals surface area contributed by atoms with E-state index >= 15 is 0 Å². The number of non-ortho nitro benzene ring substituents is 1. The van der Waals surface area contributed by atoms with Crippen molar-refractivity contribution in [1.29, 1.82) is 0 Å². The fourth-order valence-electron chi connectivity index (χ4n) is 5.79. The number of ether oxygens (including phenoxy) is 1. The number of para-hydroxylation sites is 1. The van der Waals surface area contributed by atoms with Crippen molar-refractivity contribution in [1.82, 2.24) is 0 Å². The number of nitro benzene ring substituents is 1. The molecule has 3 aliphatic rings. The highest BCUT2D eigenvalue weighted by Crippen LogP contribution is 2.51. The molecule has 4 atom stereocenters. The van der Waals surface area contributed by atoms with Crippen molar-refractivity contribution < 1.29 is 24.0 Å². The third-order valence-corrected chi connectivity index (χ3v) is 7.36. The SMILES string of the molecule is COc1ccc([N+](=O)[O-])cc1N1C(=O)[C@@H]2[C@H](C1=O)[C@H](C(=O)c1ccccc1)N1c3ccccc3C=C[C@H]21. The molecule has 0 N–H and O–H groups in total. The number of nitrogens with zero attached hydrogens (tertiary/aromatic N) is 3. The highest BCUT2D eigenvalue weighted by molar-refractivity contribution is 6.26. The Hall–Kier alpha value is -4.79. The first kappa shape index (κ1) is 22.7. The molecule has 0 spiro atoms. The first-order valence-electron chi connectivity index (χ1n) is 11.8.